The third-order valence-electron chi connectivity index (χ3n) is 3.51. The van der Waals surface area contributed by atoms with Crippen LogP contribution in [0.25, 0.3) is 0 Å². The Morgan fingerprint density at radius 3 is 2.57 bits per heavy atom. The zero-order chi connectivity index (χ0) is 15.4. The molecule has 1 amide bonds. The molecule has 1 fully saturated rings. The van der Waals surface area contributed by atoms with Gasteiger partial charge >= 0.3 is 5.97 Å². The normalized spacial score (nSPS) is 19.7. The van der Waals surface area contributed by atoms with E-state index in [2.05, 4.69) is 6.58 Å². The molecule has 0 aromatic heterocycles. The molecule has 1 N–H and O–H groups in total. The predicted octanol–water partition coefficient (Wildman–Crippen LogP) is 1.93. The molecule has 1 aromatic carbocycles. The van der Waals surface area contributed by atoms with Crippen LogP contribution < -0.4 is 4.74 Å². The fourth-order valence-corrected chi connectivity index (χ4v) is 2.22. The number of carbonyl (C=O) groups excluding carboxylic acids is 1. The Labute approximate surface area is 123 Å². The first-order chi connectivity index (χ1) is 10.0. The molecular weight excluding hydrogens is 270 g/mol. The Morgan fingerprint density at radius 1 is 1.38 bits per heavy atom. The van der Waals surface area contributed by atoms with Crippen LogP contribution in [-0.2, 0) is 16.1 Å². The number of nitrogens with zero attached hydrogens (tertiary/aromatic N) is 1. The SMILES string of the molecule is C=CCOc1ccc(CN(C)C(=O)[C@@H]2C[C@@H]2C(=O)O)cc1. The van der Waals surface area contributed by atoms with E-state index in [4.69, 9.17) is 9.84 Å². The van der Waals surface area contributed by atoms with Crippen molar-refractivity contribution in [1.82, 2.24) is 4.90 Å². The lowest BCUT2D eigenvalue weighted by molar-refractivity contribution is -0.141. The number of benzene rings is 1. The number of carboxylic acids is 1. The van der Waals surface area contributed by atoms with Crippen molar-refractivity contribution < 1.29 is 19.4 Å². The predicted molar refractivity (Wildman–Crippen MR) is 77.8 cm³/mol. The second-order valence-electron chi connectivity index (χ2n) is 5.22. The van der Waals surface area contributed by atoms with Crippen LogP contribution >= 0.6 is 0 Å². The number of carbonyl (C=O) groups is 2. The highest BCUT2D eigenvalue weighted by Gasteiger charge is 2.49. The Hall–Kier alpha value is -2.30. The van der Waals surface area contributed by atoms with E-state index in [1.807, 2.05) is 24.3 Å². The molecular formula is C16H19NO4. The maximum Gasteiger partial charge on any atom is 0.307 e. The zero-order valence-corrected chi connectivity index (χ0v) is 12.0. The number of hydrogen-bond acceptors (Lipinski definition) is 3. The minimum atomic E-state index is -0.884. The summed E-state index contributed by atoms with van der Waals surface area (Å²) < 4.78 is 5.39. The standard InChI is InChI=1S/C16H19NO4/c1-3-8-21-12-6-4-11(5-7-12)10-17(2)15(18)13-9-14(13)16(19)20/h3-7,13-14H,1,8-10H2,2H3,(H,19,20)/t13-,14+/m1/s1. The molecule has 0 heterocycles. The van der Waals surface area contributed by atoms with E-state index < -0.39 is 11.9 Å². The summed E-state index contributed by atoms with van der Waals surface area (Å²) in [5.74, 6) is -1.10. The van der Waals surface area contributed by atoms with Crippen LogP contribution in [0.15, 0.2) is 36.9 Å². The van der Waals surface area contributed by atoms with Gasteiger partial charge in [-0.25, -0.2) is 0 Å². The molecule has 2 atom stereocenters. The summed E-state index contributed by atoms with van der Waals surface area (Å²) in [6.07, 6.45) is 2.13. The molecule has 0 bridgehead atoms. The van der Waals surface area contributed by atoms with Gasteiger partial charge in [-0.15, -0.1) is 0 Å². The maximum atomic E-state index is 12.1. The largest absolute Gasteiger partial charge is 0.490 e. The molecule has 0 aliphatic heterocycles. The molecule has 0 unspecified atom stereocenters. The third kappa shape index (κ3) is 3.84. The van der Waals surface area contributed by atoms with Crippen LogP contribution in [-0.4, -0.2) is 35.5 Å². The highest BCUT2D eigenvalue weighted by molar-refractivity contribution is 5.89. The number of rotatable bonds is 7. The Balaban J connectivity index is 1.87. The quantitative estimate of drug-likeness (QED) is 0.779. The van der Waals surface area contributed by atoms with Crippen molar-refractivity contribution in [2.75, 3.05) is 13.7 Å². The van der Waals surface area contributed by atoms with Gasteiger partial charge in [0.05, 0.1) is 11.8 Å². The number of ether oxygens (including phenoxy) is 1. The van der Waals surface area contributed by atoms with Crippen molar-refractivity contribution in [3.8, 4) is 5.75 Å². The average Bonchev–Trinajstić information content (AvgIpc) is 3.26. The van der Waals surface area contributed by atoms with Gasteiger partial charge in [-0.3, -0.25) is 9.59 Å². The van der Waals surface area contributed by atoms with Gasteiger partial charge in [0, 0.05) is 13.6 Å². The summed E-state index contributed by atoms with van der Waals surface area (Å²) in [6.45, 7) is 4.50. The molecule has 1 aliphatic carbocycles. The van der Waals surface area contributed by atoms with Gasteiger partial charge in [-0.2, -0.15) is 0 Å². The first-order valence-corrected chi connectivity index (χ1v) is 6.83. The van der Waals surface area contributed by atoms with E-state index >= 15 is 0 Å². The molecule has 21 heavy (non-hydrogen) atoms. The van der Waals surface area contributed by atoms with Crippen molar-refractivity contribution in [3.05, 3.63) is 42.5 Å². The van der Waals surface area contributed by atoms with Crippen LogP contribution in [0.4, 0.5) is 0 Å². The summed E-state index contributed by atoms with van der Waals surface area (Å²) in [5.41, 5.74) is 0.976. The van der Waals surface area contributed by atoms with Gasteiger partial charge in [-0.05, 0) is 24.1 Å². The highest BCUT2D eigenvalue weighted by atomic mass is 16.5. The van der Waals surface area contributed by atoms with Crippen molar-refractivity contribution >= 4 is 11.9 Å². The second kappa shape index (κ2) is 6.43. The van der Waals surface area contributed by atoms with E-state index in [0.29, 0.717) is 19.6 Å². The van der Waals surface area contributed by atoms with Crippen molar-refractivity contribution in [3.63, 3.8) is 0 Å². The van der Waals surface area contributed by atoms with Gasteiger partial charge in [0.2, 0.25) is 5.91 Å². The second-order valence-corrected chi connectivity index (χ2v) is 5.22. The Kier molecular flexibility index (Phi) is 4.62. The molecule has 0 spiro atoms. The fourth-order valence-electron chi connectivity index (χ4n) is 2.22. The van der Waals surface area contributed by atoms with Gasteiger partial charge in [0.1, 0.15) is 12.4 Å². The van der Waals surface area contributed by atoms with E-state index in [9.17, 15) is 9.59 Å². The van der Waals surface area contributed by atoms with E-state index in [-0.39, 0.29) is 11.8 Å². The first kappa shape index (κ1) is 15.1. The van der Waals surface area contributed by atoms with E-state index in [1.54, 1.807) is 18.0 Å². The van der Waals surface area contributed by atoms with Gasteiger partial charge in [0.15, 0.2) is 0 Å². The molecule has 0 radical (unpaired) electrons. The Morgan fingerprint density at radius 2 is 2.05 bits per heavy atom. The summed E-state index contributed by atoms with van der Waals surface area (Å²) in [6, 6.07) is 7.47. The molecule has 1 saturated carbocycles. The highest BCUT2D eigenvalue weighted by Crippen LogP contribution is 2.40. The summed E-state index contributed by atoms with van der Waals surface area (Å²) >= 11 is 0. The number of aliphatic carboxylic acids is 1. The smallest absolute Gasteiger partial charge is 0.307 e. The minimum absolute atomic E-state index is 0.102. The number of carboxylic acid groups (broad SMARTS) is 1. The monoisotopic (exact) mass is 289 g/mol. The van der Waals surface area contributed by atoms with Crippen molar-refractivity contribution in [2.45, 2.75) is 13.0 Å². The van der Waals surface area contributed by atoms with Crippen LogP contribution in [0, 0.1) is 11.8 Å². The van der Waals surface area contributed by atoms with Crippen molar-refractivity contribution in [1.29, 1.82) is 0 Å². The van der Waals surface area contributed by atoms with Crippen LogP contribution in [0.1, 0.15) is 12.0 Å². The van der Waals surface area contributed by atoms with Crippen LogP contribution in [0.2, 0.25) is 0 Å². The third-order valence-corrected chi connectivity index (χ3v) is 3.51. The van der Waals surface area contributed by atoms with Gasteiger partial charge in [-0.1, -0.05) is 24.8 Å². The van der Waals surface area contributed by atoms with E-state index in [0.717, 1.165) is 11.3 Å². The molecule has 112 valence electrons. The van der Waals surface area contributed by atoms with Crippen LogP contribution in [0.3, 0.4) is 0 Å². The average molecular weight is 289 g/mol. The molecule has 1 aromatic rings. The summed E-state index contributed by atoms with van der Waals surface area (Å²) in [7, 11) is 1.70. The summed E-state index contributed by atoms with van der Waals surface area (Å²) in [4.78, 5) is 24.4. The lowest BCUT2D eigenvalue weighted by Crippen LogP contribution is -2.28. The Bertz CT molecular complexity index is 538. The zero-order valence-electron chi connectivity index (χ0n) is 12.0. The molecule has 1 aliphatic rings. The first-order valence-electron chi connectivity index (χ1n) is 6.83. The minimum Gasteiger partial charge on any atom is -0.490 e. The molecule has 0 saturated heterocycles. The summed E-state index contributed by atoms with van der Waals surface area (Å²) in [5, 5.41) is 8.85. The van der Waals surface area contributed by atoms with Crippen molar-refractivity contribution in [2.24, 2.45) is 11.8 Å². The molecule has 2 rings (SSSR count). The lowest BCUT2D eigenvalue weighted by atomic mass is 10.2. The number of hydrogen-bond donors (Lipinski definition) is 1. The maximum absolute atomic E-state index is 12.1. The lowest BCUT2D eigenvalue weighted by Gasteiger charge is -2.17. The fraction of sp³-hybridized carbons (Fsp3) is 0.375. The molecule has 5 heteroatoms. The van der Waals surface area contributed by atoms with Gasteiger partial charge < -0.3 is 14.7 Å². The van der Waals surface area contributed by atoms with Gasteiger partial charge in [0.25, 0.3) is 0 Å². The topological polar surface area (TPSA) is 66.8 Å². The number of amides is 1. The van der Waals surface area contributed by atoms with E-state index in [1.165, 1.54) is 0 Å². The van der Waals surface area contributed by atoms with Crippen LogP contribution in [0.5, 0.6) is 5.75 Å². The molecule has 5 nitrogen and oxygen atoms in total.